The van der Waals surface area contributed by atoms with Gasteiger partial charge in [-0.2, -0.15) is 0 Å². The summed E-state index contributed by atoms with van der Waals surface area (Å²) in [4.78, 5) is 15.5. The molecule has 0 heterocycles. The maximum absolute atomic E-state index is 12.8. The van der Waals surface area contributed by atoms with Gasteiger partial charge >= 0.3 is 0 Å². The fourth-order valence-corrected chi connectivity index (χ4v) is 2.95. The lowest BCUT2D eigenvalue weighted by atomic mass is 10.2. The van der Waals surface area contributed by atoms with Crippen molar-refractivity contribution in [1.82, 2.24) is 0 Å². The zero-order valence-corrected chi connectivity index (χ0v) is 12.7. The Labute approximate surface area is 134 Å². The van der Waals surface area contributed by atoms with Crippen LogP contribution < -0.4 is 4.90 Å². The zero-order valence-electron chi connectivity index (χ0n) is 11.9. The molecule has 22 heavy (non-hydrogen) atoms. The van der Waals surface area contributed by atoms with Crippen LogP contribution in [0.2, 0.25) is 0 Å². The van der Waals surface area contributed by atoms with Gasteiger partial charge in [-0.15, -0.1) is 0 Å². The molecule has 0 fully saturated rings. The first-order valence-corrected chi connectivity index (χ1v) is 7.83. The maximum atomic E-state index is 12.8. The molecular formula is C19H15NOS. The van der Waals surface area contributed by atoms with E-state index in [0.29, 0.717) is 0 Å². The molecule has 3 aromatic rings. The third-order valence-corrected chi connectivity index (χ3v) is 4.02. The van der Waals surface area contributed by atoms with E-state index in [1.54, 1.807) is 4.90 Å². The van der Waals surface area contributed by atoms with Crippen LogP contribution in [-0.4, -0.2) is 5.24 Å². The number of carbonyl (C=O) groups is 1. The van der Waals surface area contributed by atoms with E-state index in [2.05, 4.69) is 0 Å². The molecule has 0 radical (unpaired) electrons. The van der Waals surface area contributed by atoms with Crippen molar-refractivity contribution in [2.45, 2.75) is 4.90 Å². The molecule has 0 saturated heterocycles. The molecular weight excluding hydrogens is 290 g/mol. The van der Waals surface area contributed by atoms with Crippen LogP contribution >= 0.6 is 11.8 Å². The Kier molecular flexibility index (Phi) is 4.56. The third-order valence-electron chi connectivity index (χ3n) is 3.16. The van der Waals surface area contributed by atoms with E-state index in [1.165, 1.54) is 11.8 Å². The lowest BCUT2D eigenvalue weighted by Crippen LogP contribution is -2.21. The van der Waals surface area contributed by atoms with E-state index in [9.17, 15) is 4.79 Å². The maximum Gasteiger partial charge on any atom is 0.295 e. The highest BCUT2D eigenvalue weighted by atomic mass is 32.2. The minimum absolute atomic E-state index is 0.0244. The van der Waals surface area contributed by atoms with E-state index >= 15 is 0 Å². The lowest BCUT2D eigenvalue weighted by Gasteiger charge is -2.22. The topological polar surface area (TPSA) is 20.3 Å². The number of amides is 1. The Morgan fingerprint density at radius 3 is 1.50 bits per heavy atom. The van der Waals surface area contributed by atoms with Crippen LogP contribution in [0.25, 0.3) is 0 Å². The summed E-state index contributed by atoms with van der Waals surface area (Å²) in [6, 6.07) is 29.1. The van der Waals surface area contributed by atoms with E-state index in [0.717, 1.165) is 16.3 Å². The second-order valence-electron chi connectivity index (χ2n) is 4.69. The number of para-hydroxylation sites is 2. The quantitative estimate of drug-likeness (QED) is 0.575. The van der Waals surface area contributed by atoms with Gasteiger partial charge in [0.25, 0.3) is 5.24 Å². The molecule has 0 aliphatic rings. The highest BCUT2D eigenvalue weighted by Gasteiger charge is 2.18. The molecule has 0 aliphatic carbocycles. The van der Waals surface area contributed by atoms with Crippen molar-refractivity contribution < 1.29 is 4.79 Å². The predicted octanol–water partition coefficient (Wildman–Crippen LogP) is 5.74. The number of nitrogens with zero attached hydrogens (tertiary/aromatic N) is 1. The Morgan fingerprint density at radius 2 is 1.05 bits per heavy atom. The van der Waals surface area contributed by atoms with Gasteiger partial charge in [0, 0.05) is 16.3 Å². The number of rotatable bonds is 3. The van der Waals surface area contributed by atoms with Crippen LogP contribution in [0.5, 0.6) is 0 Å². The number of benzene rings is 3. The molecule has 0 spiro atoms. The summed E-state index contributed by atoms with van der Waals surface area (Å²) >= 11 is 1.23. The van der Waals surface area contributed by atoms with Gasteiger partial charge in [0.2, 0.25) is 0 Å². The van der Waals surface area contributed by atoms with Crippen LogP contribution in [0.15, 0.2) is 95.9 Å². The molecule has 0 bridgehead atoms. The molecule has 0 saturated carbocycles. The Bertz CT molecular complexity index is 690. The van der Waals surface area contributed by atoms with Gasteiger partial charge in [0.1, 0.15) is 0 Å². The molecule has 0 atom stereocenters. The van der Waals surface area contributed by atoms with Crippen LogP contribution in [0.4, 0.5) is 16.2 Å². The first-order chi connectivity index (χ1) is 10.8. The molecule has 1 amide bonds. The predicted molar refractivity (Wildman–Crippen MR) is 92.7 cm³/mol. The van der Waals surface area contributed by atoms with Gasteiger partial charge in [0.15, 0.2) is 0 Å². The summed E-state index contributed by atoms with van der Waals surface area (Å²) < 4.78 is 0. The normalized spacial score (nSPS) is 10.2. The summed E-state index contributed by atoms with van der Waals surface area (Å²) in [5.41, 5.74) is 1.73. The van der Waals surface area contributed by atoms with Crippen LogP contribution in [0.1, 0.15) is 0 Å². The fraction of sp³-hybridized carbons (Fsp3) is 0. The highest BCUT2D eigenvalue weighted by molar-refractivity contribution is 8.14. The smallest absolute Gasteiger partial charge is 0.272 e. The van der Waals surface area contributed by atoms with Crippen molar-refractivity contribution in [1.29, 1.82) is 0 Å². The number of carbonyl (C=O) groups excluding carboxylic acids is 1. The minimum atomic E-state index is -0.0244. The largest absolute Gasteiger partial charge is 0.295 e. The molecule has 108 valence electrons. The molecule has 0 N–H and O–H groups in total. The van der Waals surface area contributed by atoms with E-state index in [4.69, 9.17) is 0 Å². The van der Waals surface area contributed by atoms with Gasteiger partial charge in [-0.3, -0.25) is 9.69 Å². The van der Waals surface area contributed by atoms with Crippen molar-refractivity contribution in [3.63, 3.8) is 0 Å². The highest BCUT2D eigenvalue weighted by Crippen LogP contribution is 2.31. The average Bonchev–Trinajstić information content (AvgIpc) is 2.58. The second kappa shape index (κ2) is 6.96. The number of anilines is 2. The fourth-order valence-electron chi connectivity index (χ4n) is 2.15. The zero-order chi connectivity index (χ0) is 15.2. The van der Waals surface area contributed by atoms with Crippen molar-refractivity contribution >= 4 is 28.4 Å². The number of thioether (sulfide) groups is 1. The van der Waals surface area contributed by atoms with Gasteiger partial charge in [-0.05, 0) is 48.2 Å². The van der Waals surface area contributed by atoms with Gasteiger partial charge < -0.3 is 0 Å². The van der Waals surface area contributed by atoms with Crippen molar-refractivity contribution in [3.8, 4) is 0 Å². The minimum Gasteiger partial charge on any atom is -0.272 e. The Hall–Kier alpha value is -2.52. The van der Waals surface area contributed by atoms with E-state index < -0.39 is 0 Å². The molecule has 0 aliphatic heterocycles. The standard InChI is InChI=1S/C19H15NOS/c21-19(22-18-14-8-3-9-15-18)20(16-10-4-1-5-11-16)17-12-6-2-7-13-17/h1-15H. The summed E-state index contributed by atoms with van der Waals surface area (Å²) in [7, 11) is 0. The Morgan fingerprint density at radius 1 is 0.636 bits per heavy atom. The molecule has 2 nitrogen and oxygen atoms in total. The van der Waals surface area contributed by atoms with E-state index in [1.807, 2.05) is 91.0 Å². The molecule has 3 heteroatoms. The summed E-state index contributed by atoms with van der Waals surface area (Å²) in [6.45, 7) is 0. The van der Waals surface area contributed by atoms with Crippen LogP contribution in [-0.2, 0) is 0 Å². The van der Waals surface area contributed by atoms with Crippen LogP contribution in [0.3, 0.4) is 0 Å². The number of hydrogen-bond acceptors (Lipinski definition) is 2. The molecule has 0 aromatic heterocycles. The van der Waals surface area contributed by atoms with Gasteiger partial charge in [-0.25, -0.2) is 0 Å². The Balaban J connectivity index is 1.94. The van der Waals surface area contributed by atoms with Gasteiger partial charge in [0.05, 0.1) is 0 Å². The molecule has 3 aromatic carbocycles. The van der Waals surface area contributed by atoms with Crippen molar-refractivity contribution in [3.05, 3.63) is 91.0 Å². The van der Waals surface area contributed by atoms with Crippen LogP contribution in [0, 0.1) is 0 Å². The third kappa shape index (κ3) is 3.38. The SMILES string of the molecule is O=C(Sc1ccccc1)N(c1ccccc1)c1ccccc1. The molecule has 3 rings (SSSR count). The number of hydrogen-bond donors (Lipinski definition) is 0. The summed E-state index contributed by atoms with van der Waals surface area (Å²) in [6.07, 6.45) is 0. The first-order valence-electron chi connectivity index (χ1n) is 7.02. The van der Waals surface area contributed by atoms with Crippen molar-refractivity contribution in [2.75, 3.05) is 4.90 Å². The van der Waals surface area contributed by atoms with Gasteiger partial charge in [-0.1, -0.05) is 54.6 Å². The summed E-state index contributed by atoms with van der Waals surface area (Å²) in [5.74, 6) is 0. The van der Waals surface area contributed by atoms with Crippen molar-refractivity contribution in [2.24, 2.45) is 0 Å². The first kappa shape index (κ1) is 14.4. The second-order valence-corrected chi connectivity index (χ2v) is 5.71. The monoisotopic (exact) mass is 305 g/mol. The van der Waals surface area contributed by atoms with E-state index in [-0.39, 0.29) is 5.24 Å². The summed E-state index contributed by atoms with van der Waals surface area (Å²) in [5, 5.41) is -0.0244. The lowest BCUT2D eigenvalue weighted by molar-refractivity contribution is 0.267. The average molecular weight is 305 g/mol. The molecule has 0 unspecified atom stereocenters.